The van der Waals surface area contributed by atoms with E-state index < -0.39 is 10.2 Å². The van der Waals surface area contributed by atoms with E-state index in [1.807, 2.05) is 30.3 Å². The number of hydrogen-bond donors (Lipinski definition) is 1. The van der Waals surface area contributed by atoms with Crippen LogP contribution in [0.4, 0.5) is 0 Å². The number of benzene rings is 1. The Kier molecular flexibility index (Phi) is 5.30. The fourth-order valence-electron chi connectivity index (χ4n) is 3.81. The second-order valence-corrected chi connectivity index (χ2v) is 7.91. The molecule has 0 spiro atoms. The number of hydrogen-bond acceptors (Lipinski definition) is 4. The third-order valence-corrected chi connectivity index (χ3v) is 6.49. The van der Waals surface area contributed by atoms with Gasteiger partial charge < -0.3 is 9.84 Å². The highest BCUT2D eigenvalue weighted by molar-refractivity contribution is 9.10. The van der Waals surface area contributed by atoms with Crippen LogP contribution in [0.5, 0.6) is 5.75 Å². The average Bonchev–Trinajstić information content (AvgIpc) is 2.64. The Labute approximate surface area is 161 Å². The lowest BCUT2D eigenvalue weighted by Gasteiger charge is -2.45. The molecule has 0 aromatic heterocycles. The fraction of sp³-hybridized carbons (Fsp3) is 0.333. The van der Waals surface area contributed by atoms with E-state index in [9.17, 15) is 9.59 Å². The standard InChI is InChI=1S/C21H21BrO4/c1-3-14-6-9-17-20(25)13(2)12-18(24)21(17,22)19(14)15-4-7-16(8-5-15)26-11-10-23/h3-8,12,17,19,23H,1,9-11H2,2H3. The summed E-state index contributed by atoms with van der Waals surface area (Å²) in [6.07, 6.45) is 5.71. The highest BCUT2D eigenvalue weighted by Gasteiger charge is 2.56. The molecule has 4 nitrogen and oxygen atoms in total. The number of Topliss-reactive ketones (excluding diaryl/α,β-unsaturated/α-hetero) is 1. The number of aliphatic hydroxyl groups excluding tert-OH is 1. The third kappa shape index (κ3) is 2.99. The van der Waals surface area contributed by atoms with Gasteiger partial charge in [-0.1, -0.05) is 46.8 Å². The number of aliphatic hydroxyl groups is 1. The summed E-state index contributed by atoms with van der Waals surface area (Å²) in [5.74, 6) is -0.179. The van der Waals surface area contributed by atoms with Crippen LogP contribution in [-0.2, 0) is 9.59 Å². The molecule has 0 radical (unpaired) electrons. The van der Waals surface area contributed by atoms with Crippen molar-refractivity contribution in [2.45, 2.75) is 23.6 Å². The first-order chi connectivity index (χ1) is 12.4. The summed E-state index contributed by atoms with van der Waals surface area (Å²) in [5.41, 5.74) is 2.34. The predicted octanol–water partition coefficient (Wildman–Crippen LogP) is 3.51. The van der Waals surface area contributed by atoms with Crippen molar-refractivity contribution in [3.63, 3.8) is 0 Å². The lowest BCUT2D eigenvalue weighted by Crippen LogP contribution is -2.52. The SMILES string of the molecule is C=CC1=CCC2C(=O)C(C)=CC(=O)C2(Br)C1c1ccc(OCCO)cc1. The van der Waals surface area contributed by atoms with Crippen molar-refractivity contribution >= 4 is 27.5 Å². The molecule has 2 aliphatic rings. The maximum absolute atomic E-state index is 13.0. The van der Waals surface area contributed by atoms with E-state index in [1.54, 1.807) is 13.0 Å². The van der Waals surface area contributed by atoms with Gasteiger partial charge in [0.05, 0.1) is 6.61 Å². The molecule has 3 unspecified atom stereocenters. The van der Waals surface area contributed by atoms with Gasteiger partial charge in [-0.25, -0.2) is 0 Å². The van der Waals surface area contributed by atoms with Crippen LogP contribution in [0.3, 0.4) is 0 Å². The van der Waals surface area contributed by atoms with E-state index in [2.05, 4.69) is 22.5 Å². The molecule has 1 N–H and O–H groups in total. The number of ketones is 2. The van der Waals surface area contributed by atoms with Crippen LogP contribution in [0.2, 0.25) is 0 Å². The van der Waals surface area contributed by atoms with Gasteiger partial charge in [0.25, 0.3) is 0 Å². The number of ether oxygens (including phenoxy) is 1. The Bertz CT molecular complexity index is 806. The monoisotopic (exact) mass is 416 g/mol. The van der Waals surface area contributed by atoms with Crippen LogP contribution in [0, 0.1) is 5.92 Å². The zero-order valence-corrected chi connectivity index (χ0v) is 16.2. The molecule has 3 atom stereocenters. The summed E-state index contributed by atoms with van der Waals surface area (Å²) in [5, 5.41) is 8.87. The molecule has 0 fully saturated rings. The number of rotatable bonds is 5. The second kappa shape index (κ2) is 7.33. The summed E-state index contributed by atoms with van der Waals surface area (Å²) < 4.78 is 4.40. The molecule has 26 heavy (non-hydrogen) atoms. The van der Waals surface area contributed by atoms with Gasteiger partial charge in [0.1, 0.15) is 16.7 Å². The number of halogens is 1. The number of carbonyl (C=O) groups excluding carboxylic acids is 2. The van der Waals surface area contributed by atoms with Crippen molar-refractivity contribution in [1.29, 1.82) is 0 Å². The minimum absolute atomic E-state index is 0.00809. The molecule has 1 aromatic rings. The smallest absolute Gasteiger partial charge is 0.174 e. The quantitative estimate of drug-likeness (QED) is 0.745. The average molecular weight is 417 g/mol. The molecule has 0 saturated heterocycles. The Morgan fingerprint density at radius 1 is 1.35 bits per heavy atom. The maximum Gasteiger partial charge on any atom is 0.174 e. The van der Waals surface area contributed by atoms with Gasteiger partial charge in [0.2, 0.25) is 0 Å². The Balaban J connectivity index is 2.06. The van der Waals surface area contributed by atoms with Gasteiger partial charge in [-0.15, -0.1) is 0 Å². The molecular weight excluding hydrogens is 396 g/mol. The first-order valence-electron chi connectivity index (χ1n) is 8.55. The molecule has 0 amide bonds. The number of fused-ring (bicyclic) bond motifs is 1. The Hall–Kier alpha value is -1.98. The number of alkyl halides is 1. The summed E-state index contributed by atoms with van der Waals surface area (Å²) in [6, 6.07) is 7.40. The summed E-state index contributed by atoms with van der Waals surface area (Å²) in [7, 11) is 0. The van der Waals surface area contributed by atoms with Crippen molar-refractivity contribution in [1.82, 2.24) is 0 Å². The lowest BCUT2D eigenvalue weighted by atomic mass is 9.63. The van der Waals surface area contributed by atoms with E-state index in [1.165, 1.54) is 6.08 Å². The van der Waals surface area contributed by atoms with Gasteiger partial charge in [-0.2, -0.15) is 0 Å². The van der Waals surface area contributed by atoms with E-state index in [0.717, 1.165) is 11.1 Å². The fourth-order valence-corrected chi connectivity index (χ4v) is 4.85. The molecule has 2 aliphatic carbocycles. The van der Waals surface area contributed by atoms with Crippen LogP contribution < -0.4 is 4.74 Å². The normalized spacial score (nSPS) is 28.1. The van der Waals surface area contributed by atoms with E-state index >= 15 is 0 Å². The predicted molar refractivity (Wildman–Crippen MR) is 104 cm³/mol. The summed E-state index contributed by atoms with van der Waals surface area (Å²) in [6.45, 7) is 5.76. The van der Waals surface area contributed by atoms with Crippen molar-refractivity contribution in [2.24, 2.45) is 5.92 Å². The van der Waals surface area contributed by atoms with Gasteiger partial charge >= 0.3 is 0 Å². The van der Waals surface area contributed by atoms with Gasteiger partial charge in [0.15, 0.2) is 11.6 Å². The highest BCUT2D eigenvalue weighted by Crippen LogP contribution is 2.53. The summed E-state index contributed by atoms with van der Waals surface area (Å²) in [4.78, 5) is 25.7. The highest BCUT2D eigenvalue weighted by atomic mass is 79.9. The van der Waals surface area contributed by atoms with Crippen molar-refractivity contribution < 1.29 is 19.4 Å². The molecule has 5 heteroatoms. The summed E-state index contributed by atoms with van der Waals surface area (Å²) >= 11 is 3.68. The molecule has 1 aromatic carbocycles. The van der Waals surface area contributed by atoms with Gasteiger partial charge in [0, 0.05) is 11.8 Å². The molecule has 0 heterocycles. The molecule has 0 bridgehead atoms. The van der Waals surface area contributed by atoms with Crippen LogP contribution in [0.1, 0.15) is 24.8 Å². The van der Waals surface area contributed by atoms with Gasteiger partial charge in [-0.3, -0.25) is 9.59 Å². The van der Waals surface area contributed by atoms with E-state index in [0.29, 0.717) is 17.7 Å². The van der Waals surface area contributed by atoms with Gasteiger partial charge in [-0.05, 0) is 48.3 Å². The van der Waals surface area contributed by atoms with Crippen LogP contribution >= 0.6 is 15.9 Å². The molecule has 0 aliphatic heterocycles. The third-order valence-electron chi connectivity index (χ3n) is 5.09. The van der Waals surface area contributed by atoms with E-state index in [-0.39, 0.29) is 30.7 Å². The van der Waals surface area contributed by atoms with Crippen molar-refractivity contribution in [3.05, 3.63) is 65.8 Å². The minimum atomic E-state index is -1.00. The first-order valence-corrected chi connectivity index (χ1v) is 9.34. The van der Waals surface area contributed by atoms with Crippen LogP contribution in [0.15, 0.2) is 60.2 Å². The minimum Gasteiger partial charge on any atom is -0.491 e. The zero-order valence-electron chi connectivity index (χ0n) is 14.6. The van der Waals surface area contributed by atoms with Crippen molar-refractivity contribution in [2.75, 3.05) is 13.2 Å². The van der Waals surface area contributed by atoms with Crippen LogP contribution in [-0.4, -0.2) is 34.2 Å². The van der Waals surface area contributed by atoms with Crippen LogP contribution in [0.25, 0.3) is 0 Å². The zero-order chi connectivity index (χ0) is 18.9. The maximum atomic E-state index is 13.0. The largest absolute Gasteiger partial charge is 0.491 e. The lowest BCUT2D eigenvalue weighted by molar-refractivity contribution is -0.128. The number of carbonyl (C=O) groups is 2. The molecular formula is C21H21BrO4. The first kappa shape index (κ1) is 18.8. The number of allylic oxidation sites excluding steroid dienone is 5. The molecule has 0 saturated carbocycles. The Morgan fingerprint density at radius 2 is 2.04 bits per heavy atom. The Morgan fingerprint density at radius 3 is 2.65 bits per heavy atom. The van der Waals surface area contributed by atoms with Crippen molar-refractivity contribution in [3.8, 4) is 5.75 Å². The molecule has 3 rings (SSSR count). The topological polar surface area (TPSA) is 63.6 Å². The molecule has 136 valence electrons. The van der Waals surface area contributed by atoms with E-state index in [4.69, 9.17) is 9.84 Å². The second-order valence-electron chi connectivity index (χ2n) is 6.59.